The van der Waals surface area contributed by atoms with Gasteiger partial charge >= 0.3 is 0 Å². The van der Waals surface area contributed by atoms with Crippen LogP contribution in [0.15, 0.2) is 36.7 Å². The van der Waals surface area contributed by atoms with Crippen molar-refractivity contribution >= 4 is 16.6 Å². The van der Waals surface area contributed by atoms with Gasteiger partial charge in [0.15, 0.2) is 0 Å². The van der Waals surface area contributed by atoms with Crippen molar-refractivity contribution in [1.82, 2.24) is 4.57 Å². The molecule has 1 heterocycles. The molecule has 14 heavy (non-hydrogen) atoms. The molecule has 0 amide bonds. The molecule has 0 radical (unpaired) electrons. The number of hydrogen-bond acceptors (Lipinski definition) is 1. The SMILES string of the molecule is CC(=O)CCn1cc2ccccc2c1. The largest absolute Gasteiger partial charge is 0.353 e. The van der Waals surface area contributed by atoms with Crippen molar-refractivity contribution in [3.63, 3.8) is 0 Å². The topological polar surface area (TPSA) is 22.0 Å². The third-order valence-electron chi connectivity index (χ3n) is 2.33. The molecule has 0 aliphatic heterocycles. The minimum absolute atomic E-state index is 0.239. The predicted molar refractivity (Wildman–Crippen MR) is 57.2 cm³/mol. The maximum Gasteiger partial charge on any atom is 0.131 e. The van der Waals surface area contributed by atoms with Gasteiger partial charge in [0.1, 0.15) is 5.78 Å². The number of benzene rings is 1. The molecule has 0 saturated heterocycles. The number of nitrogens with zero attached hydrogens (tertiary/aromatic N) is 1. The molecule has 1 aromatic carbocycles. The minimum Gasteiger partial charge on any atom is -0.353 e. The van der Waals surface area contributed by atoms with Gasteiger partial charge in [-0.3, -0.25) is 4.79 Å². The highest BCUT2D eigenvalue weighted by molar-refractivity contribution is 5.82. The van der Waals surface area contributed by atoms with Crippen molar-refractivity contribution < 1.29 is 4.79 Å². The fourth-order valence-electron chi connectivity index (χ4n) is 1.56. The van der Waals surface area contributed by atoms with Crippen molar-refractivity contribution in [2.45, 2.75) is 19.9 Å². The monoisotopic (exact) mass is 187 g/mol. The van der Waals surface area contributed by atoms with E-state index in [9.17, 15) is 4.79 Å². The van der Waals surface area contributed by atoms with Crippen molar-refractivity contribution in [2.75, 3.05) is 0 Å². The molecule has 2 aromatic rings. The van der Waals surface area contributed by atoms with Crippen molar-refractivity contribution in [3.8, 4) is 0 Å². The zero-order valence-electron chi connectivity index (χ0n) is 8.23. The zero-order chi connectivity index (χ0) is 9.97. The zero-order valence-corrected chi connectivity index (χ0v) is 8.23. The highest BCUT2D eigenvalue weighted by Crippen LogP contribution is 2.14. The van der Waals surface area contributed by atoms with E-state index in [-0.39, 0.29) is 5.78 Å². The summed E-state index contributed by atoms with van der Waals surface area (Å²) in [5, 5.41) is 2.46. The summed E-state index contributed by atoms with van der Waals surface area (Å²) in [7, 11) is 0. The molecule has 0 aliphatic carbocycles. The van der Waals surface area contributed by atoms with E-state index in [1.54, 1.807) is 6.92 Å². The lowest BCUT2D eigenvalue weighted by atomic mass is 10.2. The average molecular weight is 187 g/mol. The van der Waals surface area contributed by atoms with Crippen LogP contribution in [0.3, 0.4) is 0 Å². The second-order valence-corrected chi connectivity index (χ2v) is 3.58. The Labute approximate surface area is 83.2 Å². The second-order valence-electron chi connectivity index (χ2n) is 3.58. The molecule has 2 heteroatoms. The van der Waals surface area contributed by atoms with E-state index in [2.05, 4.69) is 29.1 Å². The van der Waals surface area contributed by atoms with Gasteiger partial charge in [-0.05, 0) is 17.7 Å². The Bertz CT molecular complexity index is 423. The van der Waals surface area contributed by atoms with E-state index in [1.165, 1.54) is 10.8 Å². The van der Waals surface area contributed by atoms with Gasteiger partial charge < -0.3 is 4.57 Å². The van der Waals surface area contributed by atoms with E-state index >= 15 is 0 Å². The summed E-state index contributed by atoms with van der Waals surface area (Å²) < 4.78 is 2.08. The first-order valence-corrected chi connectivity index (χ1v) is 4.80. The van der Waals surface area contributed by atoms with Gasteiger partial charge in [0.05, 0.1) is 0 Å². The minimum atomic E-state index is 0.239. The Balaban J connectivity index is 2.22. The standard InChI is InChI=1S/C12H13NO/c1-10(14)6-7-13-8-11-4-2-3-5-12(11)9-13/h2-5,8-9H,6-7H2,1H3. The smallest absolute Gasteiger partial charge is 0.131 e. The number of ketones is 1. The number of carbonyl (C=O) groups excluding carboxylic acids is 1. The molecule has 0 unspecified atom stereocenters. The molecular weight excluding hydrogens is 174 g/mol. The first kappa shape index (κ1) is 9.00. The summed E-state index contributed by atoms with van der Waals surface area (Å²) in [6.45, 7) is 2.41. The van der Waals surface area contributed by atoms with Crippen molar-refractivity contribution in [1.29, 1.82) is 0 Å². The quantitative estimate of drug-likeness (QED) is 0.724. The lowest BCUT2D eigenvalue weighted by Crippen LogP contribution is -1.99. The Hall–Kier alpha value is -1.57. The molecule has 2 rings (SSSR count). The number of aryl methyl sites for hydroxylation is 1. The third kappa shape index (κ3) is 1.84. The van der Waals surface area contributed by atoms with E-state index in [0.717, 1.165) is 6.54 Å². The van der Waals surface area contributed by atoms with Crippen molar-refractivity contribution in [3.05, 3.63) is 36.7 Å². The average Bonchev–Trinajstić information content (AvgIpc) is 2.57. The maximum absolute atomic E-state index is 10.8. The fraction of sp³-hybridized carbons (Fsp3) is 0.250. The Kier molecular flexibility index (Phi) is 2.35. The second kappa shape index (κ2) is 3.66. The van der Waals surface area contributed by atoms with E-state index in [0.29, 0.717) is 6.42 Å². The summed E-state index contributed by atoms with van der Waals surface area (Å²) in [4.78, 5) is 10.8. The first-order chi connectivity index (χ1) is 6.75. The van der Waals surface area contributed by atoms with Crippen LogP contribution in [-0.4, -0.2) is 10.4 Å². The normalized spacial score (nSPS) is 10.6. The van der Waals surface area contributed by atoms with Crippen LogP contribution in [-0.2, 0) is 11.3 Å². The van der Waals surface area contributed by atoms with Crippen LogP contribution in [0.2, 0.25) is 0 Å². The molecule has 0 fully saturated rings. The van der Waals surface area contributed by atoms with E-state index < -0.39 is 0 Å². The van der Waals surface area contributed by atoms with Gasteiger partial charge in [-0.15, -0.1) is 0 Å². The Morgan fingerprint density at radius 1 is 1.21 bits per heavy atom. The predicted octanol–water partition coefficient (Wildman–Crippen LogP) is 2.62. The van der Waals surface area contributed by atoms with Crippen LogP contribution >= 0.6 is 0 Å². The molecule has 72 valence electrons. The maximum atomic E-state index is 10.8. The van der Waals surface area contributed by atoms with Crippen LogP contribution in [0.4, 0.5) is 0 Å². The number of hydrogen-bond donors (Lipinski definition) is 0. The molecule has 0 bridgehead atoms. The molecule has 2 nitrogen and oxygen atoms in total. The Morgan fingerprint density at radius 2 is 1.79 bits per heavy atom. The number of rotatable bonds is 3. The summed E-state index contributed by atoms with van der Waals surface area (Å²) in [5.74, 6) is 0.239. The van der Waals surface area contributed by atoms with Gasteiger partial charge in [-0.1, -0.05) is 24.3 Å². The van der Waals surface area contributed by atoms with Crippen LogP contribution in [0, 0.1) is 0 Å². The van der Waals surface area contributed by atoms with Crippen molar-refractivity contribution in [2.24, 2.45) is 0 Å². The molecular formula is C12H13NO. The van der Waals surface area contributed by atoms with Gasteiger partial charge in [-0.25, -0.2) is 0 Å². The van der Waals surface area contributed by atoms with Crippen LogP contribution in [0.25, 0.3) is 10.8 Å². The summed E-state index contributed by atoms with van der Waals surface area (Å²) in [5.41, 5.74) is 0. The molecule has 0 aliphatic rings. The molecule has 0 N–H and O–H groups in total. The van der Waals surface area contributed by atoms with E-state index in [1.807, 2.05) is 12.1 Å². The summed E-state index contributed by atoms with van der Waals surface area (Å²) >= 11 is 0. The fourth-order valence-corrected chi connectivity index (χ4v) is 1.56. The van der Waals surface area contributed by atoms with Gasteiger partial charge in [0, 0.05) is 25.4 Å². The number of carbonyl (C=O) groups is 1. The molecule has 1 aromatic heterocycles. The number of Topliss-reactive ketones (excluding diaryl/α,β-unsaturated/α-hetero) is 1. The highest BCUT2D eigenvalue weighted by Gasteiger charge is 1.98. The first-order valence-electron chi connectivity index (χ1n) is 4.80. The van der Waals surface area contributed by atoms with Crippen LogP contribution < -0.4 is 0 Å². The number of fused-ring (bicyclic) bond motifs is 1. The summed E-state index contributed by atoms with van der Waals surface area (Å²) in [6, 6.07) is 8.22. The molecule has 0 saturated carbocycles. The van der Waals surface area contributed by atoms with Crippen LogP contribution in [0.1, 0.15) is 13.3 Å². The van der Waals surface area contributed by atoms with Gasteiger partial charge in [0.2, 0.25) is 0 Å². The molecule has 0 spiro atoms. The Morgan fingerprint density at radius 3 is 2.29 bits per heavy atom. The van der Waals surface area contributed by atoms with Gasteiger partial charge in [-0.2, -0.15) is 0 Å². The summed E-state index contributed by atoms with van der Waals surface area (Å²) in [6.07, 6.45) is 4.78. The number of aromatic nitrogens is 1. The lowest BCUT2D eigenvalue weighted by molar-refractivity contribution is -0.117. The van der Waals surface area contributed by atoms with Crippen LogP contribution in [0.5, 0.6) is 0 Å². The third-order valence-corrected chi connectivity index (χ3v) is 2.33. The highest BCUT2D eigenvalue weighted by atomic mass is 16.1. The van der Waals surface area contributed by atoms with Gasteiger partial charge in [0.25, 0.3) is 0 Å². The van der Waals surface area contributed by atoms with E-state index in [4.69, 9.17) is 0 Å². The lowest BCUT2D eigenvalue weighted by Gasteiger charge is -1.97. The molecule has 0 atom stereocenters.